The standard InChI is InChI=1S/C27H47N/c1-11-24-17-12-13-18-25(24)20-27(9,21(2)3)19-15-14-16-22(4)23(5)28(10)26(6,7)8/h17-18,22H,2,5,11-16,19-20H2,1,3-4,6-10H3. The van der Waals surface area contributed by atoms with Crippen LogP contribution in [0, 0.1) is 11.3 Å². The SMILES string of the molecule is C=C(C(C)CCCCC(C)(CC1=CCCC=C1CC)C(=C)C)N(C)C(C)(C)C. The molecule has 1 aliphatic carbocycles. The van der Waals surface area contributed by atoms with Crippen LogP contribution in [0.3, 0.4) is 0 Å². The molecule has 1 rings (SSSR count). The fourth-order valence-electron chi connectivity index (χ4n) is 4.10. The predicted molar refractivity (Wildman–Crippen MR) is 128 cm³/mol. The summed E-state index contributed by atoms with van der Waals surface area (Å²) >= 11 is 0. The molecule has 2 unspecified atom stereocenters. The molecule has 0 aromatic rings. The summed E-state index contributed by atoms with van der Waals surface area (Å²) in [4.78, 5) is 2.34. The van der Waals surface area contributed by atoms with Gasteiger partial charge in [-0.25, -0.2) is 0 Å². The Balaban J connectivity index is 2.60. The zero-order valence-electron chi connectivity index (χ0n) is 20.3. The van der Waals surface area contributed by atoms with Crippen molar-refractivity contribution in [2.24, 2.45) is 11.3 Å². The summed E-state index contributed by atoms with van der Waals surface area (Å²) in [6.45, 7) is 24.8. The Kier molecular flexibility index (Phi) is 9.31. The fraction of sp³-hybridized carbons (Fsp3) is 0.704. The lowest BCUT2D eigenvalue weighted by atomic mass is 9.72. The summed E-state index contributed by atoms with van der Waals surface area (Å²) in [5.41, 5.74) is 6.09. The van der Waals surface area contributed by atoms with Crippen molar-refractivity contribution >= 4 is 0 Å². The first-order valence-electron chi connectivity index (χ1n) is 11.4. The van der Waals surface area contributed by atoms with Crippen LogP contribution < -0.4 is 0 Å². The van der Waals surface area contributed by atoms with Gasteiger partial charge in [-0.05, 0) is 88.7 Å². The highest BCUT2D eigenvalue weighted by Gasteiger charge is 2.28. The zero-order valence-corrected chi connectivity index (χ0v) is 20.3. The molecule has 0 heterocycles. The highest BCUT2D eigenvalue weighted by Crippen LogP contribution is 2.41. The van der Waals surface area contributed by atoms with Gasteiger partial charge in [0.1, 0.15) is 0 Å². The summed E-state index contributed by atoms with van der Waals surface area (Å²) in [5.74, 6) is 0.538. The highest BCUT2D eigenvalue weighted by molar-refractivity contribution is 5.35. The van der Waals surface area contributed by atoms with Crippen molar-refractivity contribution in [1.82, 2.24) is 4.90 Å². The van der Waals surface area contributed by atoms with Crippen molar-refractivity contribution in [2.75, 3.05) is 7.05 Å². The van der Waals surface area contributed by atoms with Crippen LogP contribution in [0.1, 0.15) is 99.8 Å². The minimum atomic E-state index is 0.141. The van der Waals surface area contributed by atoms with Crippen molar-refractivity contribution < 1.29 is 0 Å². The summed E-state index contributed by atoms with van der Waals surface area (Å²) < 4.78 is 0. The summed E-state index contributed by atoms with van der Waals surface area (Å²) in [6, 6.07) is 0. The van der Waals surface area contributed by atoms with Gasteiger partial charge >= 0.3 is 0 Å². The van der Waals surface area contributed by atoms with Gasteiger partial charge in [0.25, 0.3) is 0 Å². The van der Waals surface area contributed by atoms with E-state index in [0.29, 0.717) is 5.92 Å². The molecule has 160 valence electrons. The fourth-order valence-corrected chi connectivity index (χ4v) is 4.10. The molecule has 0 aromatic heterocycles. The molecule has 0 saturated carbocycles. The quantitative estimate of drug-likeness (QED) is 0.255. The largest absolute Gasteiger partial charge is 0.373 e. The number of rotatable bonds is 11. The van der Waals surface area contributed by atoms with Crippen LogP contribution >= 0.6 is 0 Å². The van der Waals surface area contributed by atoms with Gasteiger partial charge in [0, 0.05) is 18.3 Å². The molecule has 0 bridgehead atoms. The number of nitrogens with zero attached hydrogens (tertiary/aromatic N) is 1. The molecule has 0 aliphatic heterocycles. The molecule has 0 amide bonds. The Bertz CT molecular complexity index is 598. The third-order valence-corrected chi connectivity index (χ3v) is 6.97. The van der Waals surface area contributed by atoms with E-state index in [9.17, 15) is 0 Å². The second-order valence-electron chi connectivity index (χ2n) is 10.3. The third-order valence-electron chi connectivity index (χ3n) is 6.97. The lowest BCUT2D eigenvalue weighted by molar-refractivity contribution is 0.203. The molecule has 0 aromatic carbocycles. The van der Waals surface area contributed by atoms with Gasteiger partial charge in [-0.3, -0.25) is 0 Å². The molecule has 0 N–H and O–H groups in total. The second-order valence-corrected chi connectivity index (χ2v) is 10.3. The molecular formula is C27H47N. The Hall–Kier alpha value is -1.24. The number of unbranched alkanes of at least 4 members (excludes halogenated alkanes) is 1. The summed E-state index contributed by atoms with van der Waals surface area (Å²) in [6.07, 6.45) is 14.6. The molecule has 0 fully saturated rings. The molecular weight excluding hydrogens is 338 g/mol. The first kappa shape index (κ1) is 24.8. The topological polar surface area (TPSA) is 3.24 Å². The van der Waals surface area contributed by atoms with Gasteiger partial charge in [-0.15, -0.1) is 0 Å². The van der Waals surface area contributed by atoms with Gasteiger partial charge in [0.2, 0.25) is 0 Å². The molecule has 2 atom stereocenters. The lowest BCUT2D eigenvalue weighted by Gasteiger charge is -2.38. The van der Waals surface area contributed by atoms with Crippen LogP contribution in [-0.2, 0) is 0 Å². The average molecular weight is 386 g/mol. The van der Waals surface area contributed by atoms with Crippen LogP contribution in [0.2, 0.25) is 0 Å². The normalized spacial score (nSPS) is 18.0. The highest BCUT2D eigenvalue weighted by atomic mass is 15.2. The van der Waals surface area contributed by atoms with Gasteiger partial charge < -0.3 is 4.90 Å². The summed E-state index contributed by atoms with van der Waals surface area (Å²) in [5, 5.41) is 0. The van der Waals surface area contributed by atoms with E-state index >= 15 is 0 Å². The van der Waals surface area contributed by atoms with Crippen molar-refractivity contribution in [3.63, 3.8) is 0 Å². The van der Waals surface area contributed by atoms with Crippen LogP contribution in [0.15, 0.2) is 47.7 Å². The minimum absolute atomic E-state index is 0.141. The van der Waals surface area contributed by atoms with E-state index in [1.807, 2.05) is 0 Å². The van der Waals surface area contributed by atoms with E-state index < -0.39 is 0 Å². The Morgan fingerprint density at radius 1 is 1.07 bits per heavy atom. The van der Waals surface area contributed by atoms with E-state index in [1.54, 1.807) is 11.1 Å². The van der Waals surface area contributed by atoms with Crippen LogP contribution in [0.5, 0.6) is 0 Å². The first-order valence-corrected chi connectivity index (χ1v) is 11.4. The van der Waals surface area contributed by atoms with Crippen LogP contribution in [0.25, 0.3) is 0 Å². The van der Waals surface area contributed by atoms with E-state index in [4.69, 9.17) is 0 Å². The van der Waals surface area contributed by atoms with Gasteiger partial charge in [0.15, 0.2) is 0 Å². The maximum absolute atomic E-state index is 4.37. The van der Waals surface area contributed by atoms with E-state index in [1.165, 1.54) is 49.8 Å². The first-order chi connectivity index (χ1) is 12.9. The van der Waals surface area contributed by atoms with Crippen LogP contribution in [0.4, 0.5) is 0 Å². The summed E-state index contributed by atoms with van der Waals surface area (Å²) in [7, 11) is 2.17. The van der Waals surface area contributed by atoms with Gasteiger partial charge in [0.05, 0.1) is 0 Å². The van der Waals surface area contributed by atoms with Gasteiger partial charge in [-0.2, -0.15) is 0 Å². The molecule has 0 radical (unpaired) electrons. The Labute approximate surface area is 176 Å². The zero-order chi connectivity index (χ0) is 21.5. The third kappa shape index (κ3) is 6.98. The molecule has 0 saturated heterocycles. The monoisotopic (exact) mass is 385 g/mol. The van der Waals surface area contributed by atoms with E-state index in [-0.39, 0.29) is 11.0 Å². The average Bonchev–Trinajstić information content (AvgIpc) is 2.63. The number of allylic oxidation sites excluding steroid dienone is 6. The van der Waals surface area contributed by atoms with E-state index in [0.717, 1.165) is 12.8 Å². The van der Waals surface area contributed by atoms with Crippen LogP contribution in [-0.4, -0.2) is 17.5 Å². The second kappa shape index (κ2) is 10.5. The Morgan fingerprint density at radius 3 is 2.14 bits per heavy atom. The minimum Gasteiger partial charge on any atom is -0.373 e. The van der Waals surface area contributed by atoms with Crippen molar-refractivity contribution in [1.29, 1.82) is 0 Å². The maximum atomic E-state index is 4.37. The smallest absolute Gasteiger partial charge is 0.0311 e. The molecule has 1 aliphatic rings. The maximum Gasteiger partial charge on any atom is 0.0311 e. The number of hydrogen-bond acceptors (Lipinski definition) is 1. The van der Waals surface area contributed by atoms with Crippen molar-refractivity contribution in [2.45, 2.75) is 105 Å². The molecule has 1 heteroatoms. The van der Waals surface area contributed by atoms with Crippen molar-refractivity contribution in [3.8, 4) is 0 Å². The predicted octanol–water partition coefficient (Wildman–Crippen LogP) is 8.46. The van der Waals surface area contributed by atoms with Gasteiger partial charge in [-0.1, -0.05) is 64.5 Å². The van der Waals surface area contributed by atoms with E-state index in [2.05, 4.69) is 85.7 Å². The van der Waals surface area contributed by atoms with Crippen molar-refractivity contribution in [3.05, 3.63) is 47.7 Å². The molecule has 1 nitrogen and oxygen atoms in total. The Morgan fingerprint density at radius 2 is 1.64 bits per heavy atom. The molecule has 28 heavy (non-hydrogen) atoms. The lowest BCUT2D eigenvalue weighted by Crippen LogP contribution is -2.38. The molecule has 0 spiro atoms. The number of hydrogen-bond donors (Lipinski definition) is 0.